The Balaban J connectivity index is 1.50. The van der Waals surface area contributed by atoms with Gasteiger partial charge in [-0.25, -0.2) is 0 Å². The minimum absolute atomic E-state index is 0.0243. The van der Waals surface area contributed by atoms with Crippen molar-refractivity contribution in [3.8, 4) is 0 Å². The number of fused-ring (bicyclic) bond motifs is 1. The van der Waals surface area contributed by atoms with Crippen LogP contribution in [0.1, 0.15) is 23.1 Å². The van der Waals surface area contributed by atoms with E-state index in [1.807, 2.05) is 84.9 Å². The molecule has 0 aliphatic carbocycles. The molecule has 0 saturated carbocycles. The first-order valence-corrected chi connectivity index (χ1v) is 13.4. The summed E-state index contributed by atoms with van der Waals surface area (Å²) >= 11 is 3.49. The molecule has 0 radical (unpaired) electrons. The molecule has 4 aromatic carbocycles. The van der Waals surface area contributed by atoms with Gasteiger partial charge in [-0.15, -0.1) is 0 Å². The number of imide groups is 1. The second-order valence-electron chi connectivity index (χ2n) is 9.83. The Morgan fingerprint density at radius 3 is 2.08 bits per heavy atom. The van der Waals surface area contributed by atoms with Gasteiger partial charge in [0.15, 0.2) is 0 Å². The van der Waals surface area contributed by atoms with Crippen LogP contribution in [0.4, 0.5) is 11.4 Å². The van der Waals surface area contributed by atoms with Gasteiger partial charge in [0.2, 0.25) is 17.7 Å². The Labute approximate surface area is 229 Å². The molecule has 3 amide bonds. The average Bonchev–Trinajstić information content (AvgIpc) is 3.37. The van der Waals surface area contributed by atoms with Crippen molar-refractivity contribution in [2.75, 3.05) is 9.80 Å². The largest absolute Gasteiger partial charge is 0.307 e. The molecule has 38 heavy (non-hydrogen) atoms. The maximum Gasteiger partial charge on any atom is 0.239 e. The van der Waals surface area contributed by atoms with E-state index in [0.29, 0.717) is 18.7 Å². The molecule has 6 heteroatoms. The highest BCUT2D eigenvalue weighted by Gasteiger charge is 2.61. The van der Waals surface area contributed by atoms with E-state index in [0.717, 1.165) is 26.9 Å². The van der Waals surface area contributed by atoms with Gasteiger partial charge in [-0.3, -0.25) is 19.3 Å². The van der Waals surface area contributed by atoms with Crippen molar-refractivity contribution < 1.29 is 14.4 Å². The summed E-state index contributed by atoms with van der Waals surface area (Å²) in [6.07, 6.45) is 0.289. The first-order valence-electron chi connectivity index (χ1n) is 12.6. The number of benzene rings is 4. The minimum atomic E-state index is -1.21. The van der Waals surface area contributed by atoms with Crippen LogP contribution in [0.2, 0.25) is 0 Å². The predicted molar refractivity (Wildman–Crippen MR) is 151 cm³/mol. The third-order valence-corrected chi connectivity index (χ3v) is 8.17. The normalized spacial score (nSPS) is 20.8. The number of hydrogen-bond acceptors (Lipinski definition) is 3. The van der Waals surface area contributed by atoms with Gasteiger partial charge in [0, 0.05) is 16.6 Å². The zero-order valence-electron chi connectivity index (χ0n) is 20.6. The van der Waals surface area contributed by atoms with Crippen LogP contribution in [-0.2, 0) is 32.8 Å². The van der Waals surface area contributed by atoms with Crippen molar-refractivity contribution in [1.29, 1.82) is 0 Å². The minimum Gasteiger partial charge on any atom is -0.307 e. The van der Waals surface area contributed by atoms with E-state index in [9.17, 15) is 14.4 Å². The molecule has 1 saturated heterocycles. The summed E-state index contributed by atoms with van der Waals surface area (Å²) in [5.74, 6) is -1.59. The van der Waals surface area contributed by atoms with Crippen LogP contribution in [0.15, 0.2) is 114 Å². The van der Waals surface area contributed by atoms with Gasteiger partial charge in [0.25, 0.3) is 0 Å². The Morgan fingerprint density at radius 1 is 0.737 bits per heavy atom. The molecular weight excluding hydrogens is 540 g/mol. The number of amides is 3. The monoisotopic (exact) mass is 564 g/mol. The predicted octanol–water partition coefficient (Wildman–Crippen LogP) is 6.06. The number of nitrogens with zero attached hydrogens (tertiary/aromatic N) is 2. The van der Waals surface area contributed by atoms with Gasteiger partial charge < -0.3 is 4.90 Å². The summed E-state index contributed by atoms with van der Waals surface area (Å²) in [6.45, 7) is 0.385. The van der Waals surface area contributed by atoms with E-state index >= 15 is 0 Å². The van der Waals surface area contributed by atoms with Gasteiger partial charge >= 0.3 is 0 Å². The van der Waals surface area contributed by atoms with E-state index in [2.05, 4.69) is 15.9 Å². The number of hydrogen-bond donors (Lipinski definition) is 0. The Bertz CT molecular complexity index is 1520. The number of carbonyl (C=O) groups is 3. The topological polar surface area (TPSA) is 57.7 Å². The highest BCUT2D eigenvalue weighted by atomic mass is 79.9. The lowest BCUT2D eigenvalue weighted by molar-refractivity contribution is -0.131. The molecule has 1 fully saturated rings. The van der Waals surface area contributed by atoms with Crippen LogP contribution in [0.25, 0.3) is 0 Å². The number of para-hydroxylation sites is 2. The molecule has 6 rings (SSSR count). The number of carbonyl (C=O) groups excluding carboxylic acids is 3. The maximum atomic E-state index is 14.7. The molecule has 0 N–H and O–H groups in total. The molecule has 2 aliphatic heterocycles. The van der Waals surface area contributed by atoms with E-state index in [1.165, 1.54) is 4.90 Å². The second kappa shape index (κ2) is 9.69. The van der Waals surface area contributed by atoms with Crippen molar-refractivity contribution in [3.63, 3.8) is 0 Å². The molecule has 2 aliphatic rings. The van der Waals surface area contributed by atoms with Crippen LogP contribution in [0.3, 0.4) is 0 Å². The lowest BCUT2D eigenvalue weighted by Crippen LogP contribution is -2.50. The number of rotatable bonds is 6. The Kier molecular flexibility index (Phi) is 6.20. The standard InChI is InChI=1S/C32H25BrN2O3/c33-24-17-15-22(16-18-24)20-32(27-19-29(36)35(30(27)37)25-11-5-2-6-12-25)26-13-7-8-14-28(26)34(31(32)38)21-23-9-3-1-4-10-23/h1-18,27H,19-21H2/t27-,32+/m0/s1. The molecule has 188 valence electrons. The molecule has 2 heterocycles. The van der Waals surface area contributed by atoms with Crippen LogP contribution in [-0.4, -0.2) is 17.7 Å². The second-order valence-corrected chi connectivity index (χ2v) is 10.7. The van der Waals surface area contributed by atoms with Crippen LogP contribution < -0.4 is 9.80 Å². The van der Waals surface area contributed by atoms with Crippen molar-refractivity contribution in [2.24, 2.45) is 5.92 Å². The summed E-state index contributed by atoms with van der Waals surface area (Å²) < 4.78 is 0.932. The van der Waals surface area contributed by atoms with E-state index in [-0.39, 0.29) is 24.1 Å². The molecule has 2 atom stereocenters. The van der Waals surface area contributed by atoms with Gasteiger partial charge in [-0.2, -0.15) is 0 Å². The molecule has 4 aromatic rings. The fourth-order valence-corrected chi connectivity index (χ4v) is 6.16. The SMILES string of the molecule is O=C1C[C@H]([C@]2(Cc3ccc(Br)cc3)C(=O)N(Cc3ccccc3)c3ccccc32)C(=O)N1c1ccccc1. The quantitative estimate of drug-likeness (QED) is 0.267. The van der Waals surface area contributed by atoms with E-state index < -0.39 is 11.3 Å². The first kappa shape index (κ1) is 24.3. The average molecular weight is 565 g/mol. The maximum absolute atomic E-state index is 14.7. The number of anilines is 2. The number of halogens is 1. The van der Waals surface area contributed by atoms with Crippen LogP contribution in [0.5, 0.6) is 0 Å². The van der Waals surface area contributed by atoms with E-state index in [1.54, 1.807) is 29.2 Å². The van der Waals surface area contributed by atoms with Gasteiger partial charge in [-0.1, -0.05) is 94.8 Å². The van der Waals surface area contributed by atoms with Crippen molar-refractivity contribution in [3.05, 3.63) is 130 Å². The Hall–Kier alpha value is -4.03. The summed E-state index contributed by atoms with van der Waals surface area (Å²) in [6, 6.07) is 34.3. The van der Waals surface area contributed by atoms with Crippen molar-refractivity contribution in [1.82, 2.24) is 0 Å². The van der Waals surface area contributed by atoms with Gasteiger partial charge in [0.1, 0.15) is 0 Å². The molecule has 0 spiro atoms. The summed E-state index contributed by atoms with van der Waals surface area (Å²) in [4.78, 5) is 45.2. The lowest BCUT2D eigenvalue weighted by atomic mass is 9.66. The molecule has 0 unspecified atom stereocenters. The lowest BCUT2D eigenvalue weighted by Gasteiger charge is -2.33. The highest BCUT2D eigenvalue weighted by molar-refractivity contribution is 9.10. The van der Waals surface area contributed by atoms with Crippen LogP contribution in [0, 0.1) is 5.92 Å². The molecule has 0 aromatic heterocycles. The van der Waals surface area contributed by atoms with Gasteiger partial charge in [0.05, 0.1) is 23.6 Å². The smallest absolute Gasteiger partial charge is 0.239 e. The summed E-state index contributed by atoms with van der Waals surface area (Å²) in [5, 5.41) is 0. The third kappa shape index (κ3) is 3.96. The zero-order chi connectivity index (χ0) is 26.3. The summed E-state index contributed by atoms with van der Waals surface area (Å²) in [5.41, 5.74) is 2.83. The van der Waals surface area contributed by atoms with Crippen molar-refractivity contribution >= 4 is 45.0 Å². The third-order valence-electron chi connectivity index (χ3n) is 7.64. The van der Waals surface area contributed by atoms with Crippen molar-refractivity contribution in [2.45, 2.75) is 24.8 Å². The highest BCUT2D eigenvalue weighted by Crippen LogP contribution is 2.52. The first-order chi connectivity index (χ1) is 18.5. The fourth-order valence-electron chi connectivity index (χ4n) is 5.89. The molecule has 0 bridgehead atoms. The Morgan fingerprint density at radius 2 is 1.37 bits per heavy atom. The molecule has 5 nitrogen and oxygen atoms in total. The molecular formula is C32H25BrN2O3. The summed E-state index contributed by atoms with van der Waals surface area (Å²) in [7, 11) is 0. The van der Waals surface area contributed by atoms with Crippen LogP contribution >= 0.6 is 15.9 Å². The van der Waals surface area contributed by atoms with Gasteiger partial charge in [-0.05, 0) is 53.4 Å². The fraction of sp³-hybridized carbons (Fsp3) is 0.156. The zero-order valence-corrected chi connectivity index (χ0v) is 22.2. The van der Waals surface area contributed by atoms with E-state index in [4.69, 9.17) is 0 Å².